The highest BCUT2D eigenvalue weighted by Gasteiger charge is 2.16. The highest BCUT2D eigenvalue weighted by Crippen LogP contribution is 2.24. The molecule has 0 radical (unpaired) electrons. The van der Waals surface area contributed by atoms with Gasteiger partial charge < -0.3 is 9.30 Å². The number of fused-ring (bicyclic) bond motifs is 1. The lowest BCUT2D eigenvalue weighted by molar-refractivity contribution is 0.0502. The van der Waals surface area contributed by atoms with Gasteiger partial charge in [-0.05, 0) is 31.0 Å². The highest BCUT2D eigenvalue weighted by atomic mass is 16.5. The molecule has 0 N–H and O–H groups in total. The summed E-state index contributed by atoms with van der Waals surface area (Å²) in [6.07, 6.45) is 3.83. The smallest absolute Gasteiger partial charge is 0.340 e. The molecule has 1 aromatic heterocycles. The number of carbonyl (C=O) groups is 1. The summed E-state index contributed by atoms with van der Waals surface area (Å²) in [5.74, 6) is -0.231. The third kappa shape index (κ3) is 3.51. The molecule has 0 saturated heterocycles. The summed E-state index contributed by atoms with van der Waals surface area (Å²) in [4.78, 5) is 12.5. The van der Waals surface area contributed by atoms with E-state index >= 15 is 0 Å². The first kappa shape index (κ1) is 16.3. The Labute approximate surface area is 142 Å². The van der Waals surface area contributed by atoms with E-state index in [0.29, 0.717) is 12.2 Å². The van der Waals surface area contributed by atoms with Crippen LogP contribution in [0.3, 0.4) is 0 Å². The second-order valence-electron chi connectivity index (χ2n) is 6.17. The number of carbonyl (C=O) groups excluding carboxylic acids is 1. The lowest BCUT2D eigenvalue weighted by atomic mass is 10.1. The summed E-state index contributed by atoms with van der Waals surface area (Å²) in [7, 11) is 0. The monoisotopic (exact) mass is 321 g/mol. The van der Waals surface area contributed by atoms with Gasteiger partial charge in [-0.3, -0.25) is 0 Å². The molecule has 0 aliphatic heterocycles. The van der Waals surface area contributed by atoms with E-state index in [2.05, 4.69) is 41.8 Å². The van der Waals surface area contributed by atoms with E-state index in [1.54, 1.807) is 0 Å². The Balaban J connectivity index is 1.96. The van der Waals surface area contributed by atoms with E-state index in [-0.39, 0.29) is 5.97 Å². The van der Waals surface area contributed by atoms with Gasteiger partial charge in [0, 0.05) is 23.6 Å². The van der Waals surface area contributed by atoms with Crippen LogP contribution in [-0.2, 0) is 11.3 Å². The number of aromatic nitrogens is 1. The van der Waals surface area contributed by atoms with Gasteiger partial charge in [-0.25, -0.2) is 4.79 Å². The van der Waals surface area contributed by atoms with E-state index in [0.717, 1.165) is 35.9 Å². The van der Waals surface area contributed by atoms with Crippen LogP contribution in [0.5, 0.6) is 0 Å². The molecule has 3 heteroatoms. The van der Waals surface area contributed by atoms with Crippen LogP contribution in [0.4, 0.5) is 0 Å². The Morgan fingerprint density at radius 2 is 1.92 bits per heavy atom. The van der Waals surface area contributed by atoms with E-state index in [1.165, 1.54) is 5.56 Å². The maximum absolute atomic E-state index is 12.5. The van der Waals surface area contributed by atoms with Crippen LogP contribution in [0.1, 0.15) is 41.3 Å². The summed E-state index contributed by atoms with van der Waals surface area (Å²) < 4.78 is 7.55. The van der Waals surface area contributed by atoms with Crippen LogP contribution < -0.4 is 0 Å². The lowest BCUT2D eigenvalue weighted by Crippen LogP contribution is -2.06. The minimum atomic E-state index is -0.231. The molecule has 2 aromatic carbocycles. The Kier molecular flexibility index (Phi) is 4.99. The second kappa shape index (κ2) is 7.35. The van der Waals surface area contributed by atoms with Crippen molar-refractivity contribution in [2.45, 2.75) is 33.2 Å². The summed E-state index contributed by atoms with van der Waals surface area (Å²) in [6, 6.07) is 16.5. The number of benzene rings is 2. The predicted octanol–water partition coefficient (Wildman–Crippen LogP) is 4.95. The number of rotatable bonds is 6. The average Bonchev–Trinajstić information content (AvgIpc) is 2.93. The zero-order chi connectivity index (χ0) is 16.9. The molecule has 0 aliphatic carbocycles. The van der Waals surface area contributed by atoms with E-state index in [1.807, 2.05) is 31.3 Å². The predicted molar refractivity (Wildman–Crippen MR) is 97.4 cm³/mol. The zero-order valence-electron chi connectivity index (χ0n) is 14.3. The van der Waals surface area contributed by atoms with Gasteiger partial charge in [-0.2, -0.15) is 0 Å². The van der Waals surface area contributed by atoms with Gasteiger partial charge >= 0.3 is 5.97 Å². The molecular weight excluding hydrogens is 298 g/mol. The Morgan fingerprint density at radius 3 is 2.67 bits per heavy atom. The van der Waals surface area contributed by atoms with Crippen LogP contribution in [-0.4, -0.2) is 17.1 Å². The van der Waals surface area contributed by atoms with Gasteiger partial charge in [-0.15, -0.1) is 0 Å². The lowest BCUT2D eigenvalue weighted by Gasteiger charge is -2.05. The van der Waals surface area contributed by atoms with Crippen LogP contribution in [0, 0.1) is 6.92 Å². The highest BCUT2D eigenvalue weighted by molar-refractivity contribution is 6.04. The Hall–Kier alpha value is -2.55. The maximum atomic E-state index is 12.5. The largest absolute Gasteiger partial charge is 0.462 e. The molecule has 24 heavy (non-hydrogen) atoms. The summed E-state index contributed by atoms with van der Waals surface area (Å²) in [5.41, 5.74) is 4.07. The normalized spacial score (nSPS) is 10.9. The fourth-order valence-electron chi connectivity index (χ4n) is 2.87. The molecule has 3 aromatic rings. The van der Waals surface area contributed by atoms with Gasteiger partial charge in [0.25, 0.3) is 0 Å². The van der Waals surface area contributed by atoms with Crippen LogP contribution in [0.2, 0.25) is 0 Å². The van der Waals surface area contributed by atoms with Crippen LogP contribution in [0.15, 0.2) is 54.7 Å². The third-order valence-corrected chi connectivity index (χ3v) is 4.18. The molecule has 3 rings (SSSR count). The number of ether oxygens (including phenoxy) is 1. The first-order valence-electron chi connectivity index (χ1n) is 8.49. The molecular formula is C21H23NO2. The Morgan fingerprint density at radius 1 is 1.12 bits per heavy atom. The number of nitrogens with zero attached hydrogens (tertiary/aromatic N) is 1. The summed E-state index contributed by atoms with van der Waals surface area (Å²) in [6.45, 7) is 5.35. The van der Waals surface area contributed by atoms with E-state index in [9.17, 15) is 4.79 Å². The van der Waals surface area contributed by atoms with Gasteiger partial charge in [0.15, 0.2) is 0 Å². The third-order valence-electron chi connectivity index (χ3n) is 4.18. The molecule has 0 aliphatic rings. The molecule has 0 unspecified atom stereocenters. The van der Waals surface area contributed by atoms with Gasteiger partial charge in [0.2, 0.25) is 0 Å². The molecule has 3 nitrogen and oxygen atoms in total. The minimum Gasteiger partial charge on any atom is -0.462 e. The SMILES string of the molecule is CCCCOC(=O)c1cn(Cc2ccccc2)c2ccc(C)cc12. The van der Waals surface area contributed by atoms with Gasteiger partial charge in [0.05, 0.1) is 12.2 Å². The summed E-state index contributed by atoms with van der Waals surface area (Å²) >= 11 is 0. The molecule has 124 valence electrons. The molecule has 0 amide bonds. The fraction of sp³-hybridized carbons (Fsp3) is 0.286. The van der Waals surface area contributed by atoms with Crippen molar-refractivity contribution in [3.8, 4) is 0 Å². The average molecular weight is 321 g/mol. The van der Waals surface area contributed by atoms with Crippen molar-refractivity contribution in [2.75, 3.05) is 6.61 Å². The Bertz CT molecular complexity index is 834. The fourth-order valence-corrected chi connectivity index (χ4v) is 2.87. The minimum absolute atomic E-state index is 0.231. The first-order valence-corrected chi connectivity index (χ1v) is 8.49. The van der Waals surface area contributed by atoms with Crippen molar-refractivity contribution in [1.82, 2.24) is 4.57 Å². The van der Waals surface area contributed by atoms with Crippen LogP contribution >= 0.6 is 0 Å². The van der Waals surface area contributed by atoms with Crippen molar-refractivity contribution in [2.24, 2.45) is 0 Å². The van der Waals surface area contributed by atoms with Crippen molar-refractivity contribution >= 4 is 16.9 Å². The number of aryl methyl sites for hydroxylation is 1. The quantitative estimate of drug-likeness (QED) is 0.475. The molecule has 0 bridgehead atoms. The summed E-state index contributed by atoms with van der Waals surface area (Å²) in [5, 5.41) is 0.965. The first-order chi connectivity index (χ1) is 11.7. The molecule has 0 fully saturated rings. The van der Waals surface area contributed by atoms with Crippen molar-refractivity contribution in [3.05, 3.63) is 71.4 Å². The number of hydrogen-bond donors (Lipinski definition) is 0. The van der Waals surface area contributed by atoms with E-state index in [4.69, 9.17) is 4.74 Å². The van der Waals surface area contributed by atoms with Crippen molar-refractivity contribution in [1.29, 1.82) is 0 Å². The molecule has 1 heterocycles. The van der Waals surface area contributed by atoms with Gasteiger partial charge in [-0.1, -0.05) is 55.3 Å². The zero-order valence-corrected chi connectivity index (χ0v) is 14.3. The standard InChI is InChI=1S/C21H23NO2/c1-3-4-12-24-21(23)19-15-22(14-17-8-6-5-7-9-17)20-11-10-16(2)13-18(19)20/h5-11,13,15H,3-4,12,14H2,1-2H3. The number of unbranched alkanes of at least 4 members (excludes halogenated alkanes) is 1. The second-order valence-corrected chi connectivity index (χ2v) is 6.17. The maximum Gasteiger partial charge on any atom is 0.340 e. The van der Waals surface area contributed by atoms with Crippen molar-refractivity contribution in [3.63, 3.8) is 0 Å². The number of esters is 1. The van der Waals surface area contributed by atoms with Gasteiger partial charge in [0.1, 0.15) is 0 Å². The molecule has 0 spiro atoms. The van der Waals surface area contributed by atoms with Crippen molar-refractivity contribution < 1.29 is 9.53 Å². The van der Waals surface area contributed by atoms with Crippen LogP contribution in [0.25, 0.3) is 10.9 Å². The molecule has 0 saturated carbocycles. The van der Waals surface area contributed by atoms with E-state index < -0.39 is 0 Å². The topological polar surface area (TPSA) is 31.2 Å². The number of hydrogen-bond acceptors (Lipinski definition) is 2. The molecule has 0 atom stereocenters.